The Morgan fingerprint density at radius 2 is 1.96 bits per heavy atom. The molecule has 1 aliphatic carbocycles. The van der Waals surface area contributed by atoms with Crippen LogP contribution in [0.15, 0.2) is 24.3 Å². The molecule has 0 aliphatic heterocycles. The molecule has 2 aromatic rings. The molecule has 0 saturated carbocycles. The van der Waals surface area contributed by atoms with Gasteiger partial charge in [-0.3, -0.25) is 4.79 Å². The summed E-state index contributed by atoms with van der Waals surface area (Å²) in [5.74, 6) is -0.306. The molecule has 5 nitrogen and oxygen atoms in total. The summed E-state index contributed by atoms with van der Waals surface area (Å²) in [6, 6.07) is 7.17. The molecule has 0 fully saturated rings. The van der Waals surface area contributed by atoms with E-state index >= 15 is 0 Å². The monoisotopic (exact) mass is 416 g/mol. The Bertz CT molecular complexity index is 905. The summed E-state index contributed by atoms with van der Waals surface area (Å²) < 4.78 is 5.30. The summed E-state index contributed by atoms with van der Waals surface area (Å²) >= 11 is 7.04. The molecular formula is C21H24N2O3S2. The number of carbonyl (C=O) groups excluding carboxylic acids is 2. The van der Waals surface area contributed by atoms with Crippen LogP contribution in [0.1, 0.15) is 64.3 Å². The second kappa shape index (κ2) is 9.30. The van der Waals surface area contributed by atoms with Crippen LogP contribution in [0, 0.1) is 0 Å². The van der Waals surface area contributed by atoms with Crippen LogP contribution in [0.3, 0.4) is 0 Å². The van der Waals surface area contributed by atoms with E-state index in [9.17, 15) is 9.59 Å². The van der Waals surface area contributed by atoms with Crippen molar-refractivity contribution in [2.24, 2.45) is 0 Å². The van der Waals surface area contributed by atoms with Crippen molar-refractivity contribution in [3.8, 4) is 0 Å². The lowest BCUT2D eigenvalue weighted by Gasteiger charge is -2.12. The molecule has 2 N–H and O–H groups in total. The minimum Gasteiger partial charge on any atom is -0.462 e. The van der Waals surface area contributed by atoms with Gasteiger partial charge < -0.3 is 15.4 Å². The smallest absolute Gasteiger partial charge is 0.341 e. The van der Waals surface area contributed by atoms with Gasteiger partial charge in [0.15, 0.2) is 10.9 Å². The second-order valence-corrected chi connectivity index (χ2v) is 8.22. The fourth-order valence-electron chi connectivity index (χ4n) is 3.33. The Hall–Kier alpha value is -2.25. The number of thiophene rings is 1. The molecule has 1 aliphatic rings. The summed E-state index contributed by atoms with van der Waals surface area (Å²) in [5, 5.41) is 7.38. The first-order chi connectivity index (χ1) is 13.5. The van der Waals surface area contributed by atoms with Crippen LogP contribution in [-0.2, 0) is 17.6 Å². The molecule has 0 radical (unpaired) electrons. The zero-order valence-corrected chi connectivity index (χ0v) is 17.7. The number of thiocarbonyl (C=S) groups is 1. The minimum absolute atomic E-state index is 0.00544. The number of hydrogen-bond acceptors (Lipinski definition) is 5. The van der Waals surface area contributed by atoms with Crippen molar-refractivity contribution in [1.29, 1.82) is 0 Å². The molecule has 148 valence electrons. The topological polar surface area (TPSA) is 67.4 Å². The van der Waals surface area contributed by atoms with Gasteiger partial charge in [-0.15, -0.1) is 11.3 Å². The van der Waals surface area contributed by atoms with Crippen LogP contribution >= 0.6 is 23.6 Å². The largest absolute Gasteiger partial charge is 0.462 e. The number of Topliss-reactive ketones (excluding diaryl/α,β-unsaturated/α-hetero) is 1. The standard InChI is InChI=1S/C21H24N2O3S2/c1-3-26-20(25)18-16-10-5-4-6-11-17(16)28-19(18)23-21(27)22-15-9-7-8-14(12-15)13(2)24/h7-9,12H,3-6,10-11H2,1-2H3,(H2,22,23,27). The molecule has 0 atom stereocenters. The fourth-order valence-corrected chi connectivity index (χ4v) is 4.90. The van der Waals surface area contributed by atoms with Gasteiger partial charge in [-0.25, -0.2) is 4.79 Å². The Kier molecular flexibility index (Phi) is 6.80. The zero-order valence-electron chi connectivity index (χ0n) is 16.1. The first kappa shape index (κ1) is 20.5. The van der Waals surface area contributed by atoms with E-state index in [1.54, 1.807) is 29.5 Å². The third-order valence-electron chi connectivity index (χ3n) is 4.65. The molecule has 0 unspecified atom stereocenters. The van der Waals surface area contributed by atoms with Gasteiger partial charge in [0.25, 0.3) is 0 Å². The highest BCUT2D eigenvalue weighted by Crippen LogP contribution is 2.38. The van der Waals surface area contributed by atoms with Crippen molar-refractivity contribution in [2.45, 2.75) is 46.0 Å². The Morgan fingerprint density at radius 1 is 1.18 bits per heavy atom. The first-order valence-electron chi connectivity index (χ1n) is 9.50. The molecule has 0 spiro atoms. The van der Waals surface area contributed by atoms with Crippen molar-refractivity contribution in [3.63, 3.8) is 0 Å². The summed E-state index contributed by atoms with van der Waals surface area (Å²) in [5.41, 5.74) is 3.05. The predicted octanol–water partition coefficient (Wildman–Crippen LogP) is 5.21. The summed E-state index contributed by atoms with van der Waals surface area (Å²) in [6.45, 7) is 3.67. The van der Waals surface area contributed by atoms with Gasteiger partial charge in [-0.05, 0) is 69.4 Å². The maximum atomic E-state index is 12.6. The number of anilines is 2. The van der Waals surface area contributed by atoms with Gasteiger partial charge in [0.1, 0.15) is 5.00 Å². The number of hydrogen-bond donors (Lipinski definition) is 2. The molecule has 1 heterocycles. The van der Waals surface area contributed by atoms with E-state index in [-0.39, 0.29) is 11.8 Å². The third-order valence-corrected chi connectivity index (χ3v) is 6.07. The van der Waals surface area contributed by atoms with Crippen LogP contribution in [0.25, 0.3) is 0 Å². The van der Waals surface area contributed by atoms with E-state index in [0.29, 0.717) is 22.8 Å². The number of ketones is 1. The highest BCUT2D eigenvalue weighted by molar-refractivity contribution is 7.80. The average molecular weight is 417 g/mol. The lowest BCUT2D eigenvalue weighted by molar-refractivity contribution is 0.0526. The number of esters is 1. The lowest BCUT2D eigenvalue weighted by atomic mass is 10.1. The predicted molar refractivity (Wildman–Crippen MR) is 118 cm³/mol. The number of aryl methyl sites for hydroxylation is 1. The van der Waals surface area contributed by atoms with E-state index in [4.69, 9.17) is 17.0 Å². The number of nitrogens with one attached hydrogen (secondary N) is 2. The van der Waals surface area contributed by atoms with Crippen LogP contribution in [-0.4, -0.2) is 23.5 Å². The van der Waals surface area contributed by atoms with Gasteiger partial charge in [0.2, 0.25) is 0 Å². The third kappa shape index (κ3) is 4.77. The first-order valence-corrected chi connectivity index (χ1v) is 10.7. The van der Waals surface area contributed by atoms with E-state index in [2.05, 4.69) is 10.6 Å². The van der Waals surface area contributed by atoms with E-state index in [1.807, 2.05) is 13.0 Å². The molecule has 3 rings (SSSR count). The SMILES string of the molecule is CCOC(=O)c1c(NC(=S)Nc2cccc(C(C)=O)c2)sc2c1CCCCC2. The molecular weight excluding hydrogens is 392 g/mol. The number of carbonyl (C=O) groups is 2. The van der Waals surface area contributed by atoms with E-state index in [0.717, 1.165) is 41.9 Å². The van der Waals surface area contributed by atoms with Gasteiger partial charge in [-0.1, -0.05) is 18.6 Å². The summed E-state index contributed by atoms with van der Waals surface area (Å²) in [4.78, 5) is 25.4. The number of ether oxygens (including phenoxy) is 1. The quantitative estimate of drug-likeness (QED) is 0.302. The van der Waals surface area contributed by atoms with Crippen LogP contribution in [0.5, 0.6) is 0 Å². The van der Waals surface area contributed by atoms with Gasteiger partial charge in [0, 0.05) is 16.1 Å². The molecule has 7 heteroatoms. The van der Waals surface area contributed by atoms with Crippen molar-refractivity contribution >= 4 is 51.1 Å². The molecule has 1 aromatic carbocycles. The maximum Gasteiger partial charge on any atom is 0.341 e. The zero-order chi connectivity index (χ0) is 20.1. The molecule has 1 aromatic heterocycles. The highest BCUT2D eigenvalue weighted by Gasteiger charge is 2.26. The maximum absolute atomic E-state index is 12.6. The molecule has 0 bridgehead atoms. The second-order valence-electron chi connectivity index (χ2n) is 6.71. The Balaban J connectivity index is 1.83. The van der Waals surface area contributed by atoms with Crippen molar-refractivity contribution < 1.29 is 14.3 Å². The number of benzene rings is 1. The van der Waals surface area contributed by atoms with Crippen molar-refractivity contribution in [1.82, 2.24) is 0 Å². The van der Waals surface area contributed by atoms with Crippen molar-refractivity contribution in [2.75, 3.05) is 17.2 Å². The van der Waals surface area contributed by atoms with E-state index < -0.39 is 0 Å². The summed E-state index contributed by atoms with van der Waals surface area (Å²) in [6.07, 6.45) is 5.27. The fraction of sp³-hybridized carbons (Fsp3) is 0.381. The minimum atomic E-state index is -0.300. The van der Waals surface area contributed by atoms with Crippen LogP contribution < -0.4 is 10.6 Å². The van der Waals surface area contributed by atoms with Crippen LogP contribution in [0.4, 0.5) is 10.7 Å². The van der Waals surface area contributed by atoms with Gasteiger partial charge in [0.05, 0.1) is 12.2 Å². The summed E-state index contributed by atoms with van der Waals surface area (Å²) in [7, 11) is 0. The molecule has 0 amide bonds. The number of rotatable bonds is 5. The van der Waals surface area contributed by atoms with Crippen molar-refractivity contribution in [3.05, 3.63) is 45.8 Å². The van der Waals surface area contributed by atoms with Gasteiger partial charge >= 0.3 is 5.97 Å². The highest BCUT2D eigenvalue weighted by atomic mass is 32.1. The Morgan fingerprint density at radius 3 is 2.71 bits per heavy atom. The normalized spacial score (nSPS) is 13.2. The average Bonchev–Trinajstić information content (AvgIpc) is 2.82. The van der Waals surface area contributed by atoms with E-state index in [1.165, 1.54) is 18.2 Å². The molecule has 0 saturated heterocycles. The number of fused-ring (bicyclic) bond motifs is 1. The molecule has 28 heavy (non-hydrogen) atoms. The lowest BCUT2D eigenvalue weighted by Crippen LogP contribution is -2.20. The van der Waals surface area contributed by atoms with Gasteiger partial charge in [-0.2, -0.15) is 0 Å². The Labute approximate surface area is 174 Å². The van der Waals surface area contributed by atoms with Crippen LogP contribution in [0.2, 0.25) is 0 Å².